The summed E-state index contributed by atoms with van der Waals surface area (Å²) in [4.78, 5) is 0. The van der Waals surface area contributed by atoms with Gasteiger partial charge in [-0.1, -0.05) is 48.0 Å². The van der Waals surface area contributed by atoms with E-state index in [0.717, 1.165) is 6.54 Å². The van der Waals surface area contributed by atoms with Crippen molar-refractivity contribution >= 4 is 11.3 Å². The lowest BCUT2D eigenvalue weighted by atomic mass is 9.94. The Labute approximate surface area is 127 Å². The lowest BCUT2D eigenvalue weighted by Gasteiger charge is -2.13. The van der Waals surface area contributed by atoms with Crippen LogP contribution in [0, 0.1) is 6.92 Å². The molecule has 0 heterocycles. The molecule has 1 aliphatic rings. The largest absolute Gasteiger partial charge is 0.381 e. The van der Waals surface area contributed by atoms with Gasteiger partial charge in [0.1, 0.15) is 0 Å². The van der Waals surface area contributed by atoms with E-state index in [2.05, 4.69) is 66.8 Å². The third-order valence-corrected chi connectivity index (χ3v) is 4.16. The number of nitrogens with one attached hydrogen (secondary N) is 1. The standard InChI is InChI=1S/C20H23N/c1-16-7-9-17(10-8-16)15-21-20-13-11-19(12-14-20)18-5-3-2-4-6-18/h5,7-14,21H,2-4,6,15H2,1H3. The second kappa shape index (κ2) is 6.62. The zero-order valence-corrected chi connectivity index (χ0v) is 12.7. The van der Waals surface area contributed by atoms with Crippen molar-refractivity contribution in [2.24, 2.45) is 0 Å². The minimum absolute atomic E-state index is 0.877. The Bertz CT molecular complexity index is 605. The summed E-state index contributed by atoms with van der Waals surface area (Å²) in [6.45, 7) is 3.00. The number of hydrogen-bond acceptors (Lipinski definition) is 1. The molecule has 0 fully saturated rings. The lowest BCUT2D eigenvalue weighted by Crippen LogP contribution is -1.99. The van der Waals surface area contributed by atoms with Crippen LogP contribution < -0.4 is 5.32 Å². The Morgan fingerprint density at radius 3 is 2.33 bits per heavy atom. The molecule has 21 heavy (non-hydrogen) atoms. The molecule has 0 aliphatic heterocycles. The van der Waals surface area contributed by atoms with Gasteiger partial charge in [-0.3, -0.25) is 0 Å². The molecule has 0 radical (unpaired) electrons. The fraction of sp³-hybridized carbons (Fsp3) is 0.300. The van der Waals surface area contributed by atoms with Gasteiger partial charge >= 0.3 is 0 Å². The molecule has 1 heteroatoms. The molecule has 0 atom stereocenters. The van der Waals surface area contributed by atoms with Gasteiger partial charge in [-0.05, 0) is 61.4 Å². The van der Waals surface area contributed by atoms with Gasteiger partial charge in [0.05, 0.1) is 0 Å². The molecule has 0 amide bonds. The van der Waals surface area contributed by atoms with Crippen LogP contribution in [0.4, 0.5) is 5.69 Å². The normalized spacial score (nSPS) is 14.6. The molecule has 0 saturated heterocycles. The molecule has 1 N–H and O–H groups in total. The van der Waals surface area contributed by atoms with Crippen LogP contribution in [0.3, 0.4) is 0 Å². The number of allylic oxidation sites excluding steroid dienone is 2. The lowest BCUT2D eigenvalue weighted by molar-refractivity contribution is 0.742. The van der Waals surface area contributed by atoms with Crippen LogP contribution in [0.15, 0.2) is 54.6 Å². The van der Waals surface area contributed by atoms with Gasteiger partial charge in [-0.15, -0.1) is 0 Å². The first-order valence-electron chi connectivity index (χ1n) is 7.90. The fourth-order valence-corrected chi connectivity index (χ4v) is 2.81. The van der Waals surface area contributed by atoms with Gasteiger partial charge in [-0.2, -0.15) is 0 Å². The maximum absolute atomic E-state index is 3.49. The van der Waals surface area contributed by atoms with E-state index in [1.165, 1.54) is 53.6 Å². The van der Waals surface area contributed by atoms with E-state index in [1.54, 1.807) is 0 Å². The number of rotatable bonds is 4. The zero-order valence-electron chi connectivity index (χ0n) is 12.7. The minimum atomic E-state index is 0.877. The van der Waals surface area contributed by atoms with E-state index in [1.807, 2.05) is 0 Å². The molecule has 1 nitrogen and oxygen atoms in total. The first-order chi connectivity index (χ1) is 10.3. The molecule has 0 unspecified atom stereocenters. The van der Waals surface area contributed by atoms with E-state index < -0.39 is 0 Å². The van der Waals surface area contributed by atoms with Crippen molar-refractivity contribution in [3.05, 3.63) is 71.3 Å². The summed E-state index contributed by atoms with van der Waals surface area (Å²) in [6, 6.07) is 17.6. The molecule has 0 aromatic heterocycles. The predicted molar refractivity (Wildman–Crippen MR) is 91.4 cm³/mol. The average molecular weight is 277 g/mol. The van der Waals surface area contributed by atoms with Crippen molar-refractivity contribution in [1.82, 2.24) is 0 Å². The molecule has 1 aliphatic carbocycles. The van der Waals surface area contributed by atoms with Crippen LogP contribution in [0.2, 0.25) is 0 Å². The minimum Gasteiger partial charge on any atom is -0.381 e. The molecular weight excluding hydrogens is 254 g/mol. The Hall–Kier alpha value is -2.02. The molecule has 2 aromatic rings. The van der Waals surface area contributed by atoms with Gasteiger partial charge in [0.15, 0.2) is 0 Å². The maximum Gasteiger partial charge on any atom is 0.0400 e. The highest BCUT2D eigenvalue weighted by atomic mass is 14.9. The number of aryl methyl sites for hydroxylation is 1. The summed E-state index contributed by atoms with van der Waals surface area (Å²) < 4.78 is 0. The molecule has 108 valence electrons. The average Bonchev–Trinajstić information content (AvgIpc) is 2.56. The summed E-state index contributed by atoms with van der Waals surface area (Å²) in [7, 11) is 0. The first kappa shape index (κ1) is 13.9. The summed E-state index contributed by atoms with van der Waals surface area (Å²) in [5.74, 6) is 0. The Morgan fingerprint density at radius 2 is 1.67 bits per heavy atom. The molecule has 3 rings (SSSR count). The molecule has 2 aromatic carbocycles. The number of benzene rings is 2. The van der Waals surface area contributed by atoms with Crippen LogP contribution in [0.5, 0.6) is 0 Å². The summed E-state index contributed by atoms with van der Waals surface area (Å²) in [5, 5.41) is 3.49. The van der Waals surface area contributed by atoms with Crippen molar-refractivity contribution in [2.45, 2.75) is 39.2 Å². The molecule has 0 bridgehead atoms. The van der Waals surface area contributed by atoms with Gasteiger partial charge in [0, 0.05) is 12.2 Å². The third-order valence-electron chi connectivity index (χ3n) is 4.16. The highest BCUT2D eigenvalue weighted by molar-refractivity contribution is 5.67. The third kappa shape index (κ3) is 3.75. The second-order valence-corrected chi connectivity index (χ2v) is 5.89. The van der Waals surface area contributed by atoms with E-state index in [9.17, 15) is 0 Å². The molecule has 0 saturated carbocycles. The van der Waals surface area contributed by atoms with E-state index >= 15 is 0 Å². The first-order valence-corrected chi connectivity index (χ1v) is 7.90. The van der Waals surface area contributed by atoms with E-state index in [0.29, 0.717) is 0 Å². The van der Waals surface area contributed by atoms with Crippen LogP contribution >= 0.6 is 0 Å². The Balaban J connectivity index is 1.61. The molecule has 0 spiro atoms. The quantitative estimate of drug-likeness (QED) is 0.771. The smallest absolute Gasteiger partial charge is 0.0400 e. The monoisotopic (exact) mass is 277 g/mol. The molecular formula is C20H23N. The highest BCUT2D eigenvalue weighted by Gasteiger charge is 2.05. The van der Waals surface area contributed by atoms with Crippen molar-refractivity contribution in [1.29, 1.82) is 0 Å². The zero-order chi connectivity index (χ0) is 14.5. The van der Waals surface area contributed by atoms with Gasteiger partial charge < -0.3 is 5.32 Å². The maximum atomic E-state index is 3.49. The van der Waals surface area contributed by atoms with E-state index in [-0.39, 0.29) is 0 Å². The van der Waals surface area contributed by atoms with Crippen molar-refractivity contribution in [3.8, 4) is 0 Å². The highest BCUT2D eigenvalue weighted by Crippen LogP contribution is 2.27. The number of anilines is 1. The SMILES string of the molecule is Cc1ccc(CNc2ccc(C3=CCCCC3)cc2)cc1. The summed E-state index contributed by atoms with van der Waals surface area (Å²) >= 11 is 0. The Kier molecular flexibility index (Phi) is 4.40. The van der Waals surface area contributed by atoms with Crippen molar-refractivity contribution in [2.75, 3.05) is 5.32 Å². The Morgan fingerprint density at radius 1 is 0.905 bits per heavy atom. The second-order valence-electron chi connectivity index (χ2n) is 5.89. The van der Waals surface area contributed by atoms with Crippen molar-refractivity contribution < 1.29 is 0 Å². The number of hydrogen-bond donors (Lipinski definition) is 1. The van der Waals surface area contributed by atoms with Gasteiger partial charge in [0.25, 0.3) is 0 Å². The van der Waals surface area contributed by atoms with Crippen LogP contribution in [0.1, 0.15) is 42.4 Å². The van der Waals surface area contributed by atoms with Crippen LogP contribution in [-0.4, -0.2) is 0 Å². The topological polar surface area (TPSA) is 12.0 Å². The van der Waals surface area contributed by atoms with Gasteiger partial charge in [-0.25, -0.2) is 0 Å². The summed E-state index contributed by atoms with van der Waals surface area (Å²) in [6.07, 6.45) is 7.55. The summed E-state index contributed by atoms with van der Waals surface area (Å²) in [5.41, 5.74) is 6.72. The van der Waals surface area contributed by atoms with Crippen LogP contribution in [0.25, 0.3) is 5.57 Å². The van der Waals surface area contributed by atoms with E-state index in [4.69, 9.17) is 0 Å². The van der Waals surface area contributed by atoms with Gasteiger partial charge in [0.2, 0.25) is 0 Å². The van der Waals surface area contributed by atoms with Crippen LogP contribution in [-0.2, 0) is 6.54 Å². The fourth-order valence-electron chi connectivity index (χ4n) is 2.81. The van der Waals surface area contributed by atoms with Crippen molar-refractivity contribution in [3.63, 3.8) is 0 Å². The predicted octanol–water partition coefficient (Wildman–Crippen LogP) is 5.56.